The fourth-order valence-corrected chi connectivity index (χ4v) is 3.14. The Hall–Kier alpha value is -3.61. The molecule has 1 aromatic heterocycles. The van der Waals surface area contributed by atoms with Gasteiger partial charge in [0.15, 0.2) is 12.7 Å². The Morgan fingerprint density at radius 1 is 1.13 bits per heavy atom. The lowest BCUT2D eigenvalue weighted by molar-refractivity contribution is -0.153. The van der Waals surface area contributed by atoms with Crippen LogP contribution in [0.3, 0.4) is 0 Å². The zero-order valence-electron chi connectivity index (χ0n) is 17.6. The molecular weight excluding hydrogens is 394 g/mol. The number of amides is 1. The summed E-state index contributed by atoms with van der Waals surface area (Å²) < 4.78 is 12.4. The highest BCUT2D eigenvalue weighted by Crippen LogP contribution is 2.40. The van der Waals surface area contributed by atoms with Gasteiger partial charge in [-0.15, -0.1) is 0 Å². The lowest BCUT2D eigenvalue weighted by Gasteiger charge is -2.14. The lowest BCUT2D eigenvalue weighted by atomic mass is 10.2. The summed E-state index contributed by atoms with van der Waals surface area (Å²) in [5.74, 6) is 0.525. The monoisotopic (exact) mass is 419 g/mol. The molecule has 1 atom stereocenters. The topological polar surface area (TPSA) is 82.4 Å². The van der Waals surface area contributed by atoms with Crippen molar-refractivity contribution in [3.63, 3.8) is 0 Å². The number of ether oxygens (including phenoxy) is 2. The number of hydrogen-bond donors (Lipinski definition) is 1. The number of rotatable bonds is 8. The van der Waals surface area contributed by atoms with Crippen LogP contribution in [0.1, 0.15) is 36.9 Å². The van der Waals surface area contributed by atoms with Crippen molar-refractivity contribution >= 4 is 17.7 Å². The SMILES string of the molecule is Cc1ccc(O[C@@H](C)C(=O)OCC(=O)Nc2cc(C3CC3)nn2-c2ccccc2)cc1. The first kappa shape index (κ1) is 20.7. The van der Waals surface area contributed by atoms with Crippen LogP contribution in [0.15, 0.2) is 60.7 Å². The van der Waals surface area contributed by atoms with Crippen LogP contribution in [0.2, 0.25) is 0 Å². The van der Waals surface area contributed by atoms with Crippen LogP contribution in [-0.4, -0.2) is 34.4 Å². The highest BCUT2D eigenvalue weighted by Gasteiger charge is 2.28. The largest absolute Gasteiger partial charge is 0.479 e. The van der Waals surface area contributed by atoms with Crippen molar-refractivity contribution in [2.24, 2.45) is 0 Å². The van der Waals surface area contributed by atoms with Gasteiger partial charge in [-0.1, -0.05) is 35.9 Å². The van der Waals surface area contributed by atoms with Crippen molar-refractivity contribution < 1.29 is 19.1 Å². The first-order valence-corrected chi connectivity index (χ1v) is 10.3. The van der Waals surface area contributed by atoms with Crippen LogP contribution in [0.4, 0.5) is 5.82 Å². The maximum atomic E-state index is 12.4. The minimum atomic E-state index is -0.827. The molecular formula is C24H25N3O4. The third-order valence-corrected chi connectivity index (χ3v) is 5.00. The minimum absolute atomic E-state index is 0.404. The average molecular weight is 419 g/mol. The Labute approximate surface area is 181 Å². The Morgan fingerprint density at radius 3 is 2.52 bits per heavy atom. The van der Waals surface area contributed by atoms with Gasteiger partial charge in [0.1, 0.15) is 11.6 Å². The Bertz CT molecular complexity index is 1060. The number of hydrogen-bond acceptors (Lipinski definition) is 5. The van der Waals surface area contributed by atoms with E-state index in [0.717, 1.165) is 29.8 Å². The van der Waals surface area contributed by atoms with E-state index in [1.807, 2.05) is 55.5 Å². The molecule has 0 saturated heterocycles. The molecule has 1 fully saturated rings. The number of aryl methyl sites for hydroxylation is 1. The molecule has 160 valence electrons. The van der Waals surface area contributed by atoms with Crippen molar-refractivity contribution in [1.29, 1.82) is 0 Å². The lowest BCUT2D eigenvalue weighted by Crippen LogP contribution is -2.30. The number of aromatic nitrogens is 2. The van der Waals surface area contributed by atoms with Crippen LogP contribution >= 0.6 is 0 Å². The highest BCUT2D eigenvalue weighted by atomic mass is 16.6. The standard InChI is InChI=1S/C24H25N3O4/c1-16-8-12-20(13-9-16)31-17(2)24(29)30-15-23(28)25-22-14-21(18-10-11-18)26-27(22)19-6-4-3-5-7-19/h3-9,12-14,17-18H,10-11,15H2,1-2H3,(H,25,28)/t17-/m0/s1. The van der Waals surface area contributed by atoms with Gasteiger partial charge in [0.25, 0.3) is 5.91 Å². The number of esters is 1. The third-order valence-electron chi connectivity index (χ3n) is 5.00. The smallest absolute Gasteiger partial charge is 0.347 e. The summed E-state index contributed by atoms with van der Waals surface area (Å²) in [6.07, 6.45) is 1.39. The first-order valence-electron chi connectivity index (χ1n) is 10.3. The molecule has 0 unspecified atom stereocenters. The second kappa shape index (κ2) is 9.04. The average Bonchev–Trinajstić information content (AvgIpc) is 3.55. The zero-order chi connectivity index (χ0) is 21.8. The molecule has 1 amide bonds. The van der Waals surface area contributed by atoms with E-state index in [0.29, 0.717) is 17.5 Å². The number of para-hydroxylation sites is 1. The Kier molecular flexibility index (Phi) is 6.02. The zero-order valence-corrected chi connectivity index (χ0v) is 17.6. The number of nitrogens with zero attached hydrogens (tertiary/aromatic N) is 2. The number of benzene rings is 2. The second-order valence-electron chi connectivity index (χ2n) is 7.71. The van der Waals surface area contributed by atoms with Crippen molar-refractivity contribution in [1.82, 2.24) is 9.78 Å². The van der Waals surface area contributed by atoms with E-state index in [2.05, 4.69) is 10.4 Å². The molecule has 7 nitrogen and oxygen atoms in total. The van der Waals surface area contributed by atoms with E-state index in [9.17, 15) is 9.59 Å². The number of carbonyl (C=O) groups excluding carboxylic acids is 2. The van der Waals surface area contributed by atoms with Gasteiger partial charge >= 0.3 is 5.97 Å². The summed E-state index contributed by atoms with van der Waals surface area (Å²) >= 11 is 0. The normalized spacial score (nSPS) is 14.0. The summed E-state index contributed by atoms with van der Waals surface area (Å²) in [7, 11) is 0. The van der Waals surface area contributed by atoms with Crippen molar-refractivity contribution in [3.8, 4) is 11.4 Å². The molecule has 31 heavy (non-hydrogen) atoms. The number of anilines is 1. The van der Waals surface area contributed by atoms with Gasteiger partial charge in [-0.25, -0.2) is 9.48 Å². The number of carbonyl (C=O) groups is 2. The van der Waals surface area contributed by atoms with Crippen molar-refractivity contribution in [2.45, 2.75) is 38.7 Å². The fraction of sp³-hybridized carbons (Fsp3) is 0.292. The molecule has 1 aliphatic carbocycles. The van der Waals surface area contributed by atoms with Crippen LogP contribution in [0, 0.1) is 6.92 Å². The minimum Gasteiger partial charge on any atom is -0.479 e. The van der Waals surface area contributed by atoms with Gasteiger partial charge in [0.2, 0.25) is 0 Å². The van der Waals surface area contributed by atoms with Crippen LogP contribution < -0.4 is 10.1 Å². The molecule has 4 rings (SSSR count). The number of nitrogens with one attached hydrogen (secondary N) is 1. The highest BCUT2D eigenvalue weighted by molar-refractivity contribution is 5.92. The molecule has 1 saturated carbocycles. The molecule has 1 N–H and O–H groups in total. The summed E-state index contributed by atoms with van der Waals surface area (Å²) in [5.41, 5.74) is 2.90. The summed E-state index contributed by atoms with van der Waals surface area (Å²) in [5, 5.41) is 7.45. The van der Waals surface area contributed by atoms with Crippen LogP contribution in [0.5, 0.6) is 5.75 Å². The molecule has 0 bridgehead atoms. The van der Waals surface area contributed by atoms with Crippen LogP contribution in [-0.2, 0) is 14.3 Å². The molecule has 0 aliphatic heterocycles. The summed E-state index contributed by atoms with van der Waals surface area (Å²) in [4.78, 5) is 24.7. The predicted molar refractivity (Wildman–Crippen MR) is 116 cm³/mol. The summed E-state index contributed by atoms with van der Waals surface area (Å²) in [6, 6.07) is 18.8. The first-order chi connectivity index (χ1) is 15.0. The van der Waals surface area contributed by atoms with E-state index < -0.39 is 24.6 Å². The van der Waals surface area contributed by atoms with Crippen LogP contribution in [0.25, 0.3) is 5.69 Å². The molecule has 1 aliphatic rings. The Morgan fingerprint density at radius 2 is 1.84 bits per heavy atom. The molecule has 2 aromatic carbocycles. The van der Waals surface area contributed by atoms with Gasteiger partial charge in [-0.05, 0) is 51.0 Å². The predicted octanol–water partition coefficient (Wildman–Crippen LogP) is 4.01. The second-order valence-corrected chi connectivity index (χ2v) is 7.71. The van der Waals surface area contributed by atoms with Gasteiger partial charge < -0.3 is 14.8 Å². The maximum absolute atomic E-state index is 12.4. The van der Waals surface area contributed by atoms with Crippen molar-refractivity contribution in [3.05, 3.63) is 71.9 Å². The van der Waals surface area contributed by atoms with E-state index in [1.165, 1.54) is 0 Å². The third kappa shape index (κ3) is 5.31. The Balaban J connectivity index is 1.35. The maximum Gasteiger partial charge on any atom is 0.347 e. The van der Waals surface area contributed by atoms with Gasteiger partial charge in [-0.3, -0.25) is 4.79 Å². The van der Waals surface area contributed by atoms with Gasteiger partial charge in [-0.2, -0.15) is 5.10 Å². The fourth-order valence-electron chi connectivity index (χ4n) is 3.14. The molecule has 0 radical (unpaired) electrons. The van der Waals surface area contributed by atoms with E-state index in [4.69, 9.17) is 9.47 Å². The van der Waals surface area contributed by atoms with E-state index >= 15 is 0 Å². The van der Waals surface area contributed by atoms with E-state index in [1.54, 1.807) is 23.7 Å². The quantitative estimate of drug-likeness (QED) is 0.558. The van der Waals surface area contributed by atoms with E-state index in [-0.39, 0.29) is 0 Å². The molecule has 3 aromatic rings. The van der Waals surface area contributed by atoms with Crippen molar-refractivity contribution in [2.75, 3.05) is 11.9 Å². The van der Waals surface area contributed by atoms with Gasteiger partial charge in [0, 0.05) is 12.0 Å². The van der Waals surface area contributed by atoms with Gasteiger partial charge in [0.05, 0.1) is 11.4 Å². The molecule has 7 heteroatoms. The summed E-state index contributed by atoms with van der Waals surface area (Å²) in [6.45, 7) is 3.16. The molecule has 0 spiro atoms. The molecule has 1 heterocycles.